The van der Waals surface area contributed by atoms with Crippen LogP contribution >= 0.6 is 11.8 Å². The van der Waals surface area contributed by atoms with Crippen LogP contribution in [0.2, 0.25) is 0 Å². The summed E-state index contributed by atoms with van der Waals surface area (Å²) in [6, 6.07) is 13.6. The Morgan fingerprint density at radius 2 is 1.70 bits per heavy atom. The van der Waals surface area contributed by atoms with Crippen molar-refractivity contribution >= 4 is 28.6 Å². The highest BCUT2D eigenvalue weighted by Crippen LogP contribution is 2.30. The number of carboxylic acid groups (broad SMARTS) is 1. The molecule has 0 amide bonds. The smallest absolute Gasteiger partial charge is 0.336 e. The Labute approximate surface area is 139 Å². The minimum atomic E-state index is -0.923. The molecule has 0 saturated heterocycles. The Balaban J connectivity index is 2.30. The third kappa shape index (κ3) is 2.82. The van der Waals surface area contributed by atoms with Gasteiger partial charge in [0, 0.05) is 15.8 Å². The highest BCUT2D eigenvalue weighted by Gasteiger charge is 2.16. The van der Waals surface area contributed by atoms with E-state index in [1.807, 2.05) is 56.5 Å². The summed E-state index contributed by atoms with van der Waals surface area (Å²) in [6.45, 7) is 3.88. The molecule has 116 valence electrons. The summed E-state index contributed by atoms with van der Waals surface area (Å²) in [5.74, 6) is -0.923. The van der Waals surface area contributed by atoms with E-state index in [-0.39, 0.29) is 0 Å². The Bertz CT molecular complexity index is 901. The second-order valence-corrected chi connectivity index (χ2v) is 6.39. The molecule has 0 aliphatic rings. The van der Waals surface area contributed by atoms with Crippen molar-refractivity contribution in [2.45, 2.75) is 18.7 Å². The summed E-state index contributed by atoms with van der Waals surface area (Å²) in [5, 5.41) is 10.3. The van der Waals surface area contributed by atoms with E-state index in [0.29, 0.717) is 11.3 Å². The van der Waals surface area contributed by atoms with E-state index in [4.69, 9.17) is 4.98 Å². The molecule has 0 bridgehead atoms. The second kappa shape index (κ2) is 6.05. The van der Waals surface area contributed by atoms with Gasteiger partial charge >= 0.3 is 5.97 Å². The van der Waals surface area contributed by atoms with Crippen LogP contribution in [-0.4, -0.2) is 22.3 Å². The number of nitrogens with zero attached hydrogens (tertiary/aromatic N) is 1. The maximum atomic E-state index is 11.7. The Hall–Kier alpha value is -2.33. The SMILES string of the molecule is CSc1ccc(-c2cc(C(=O)O)c3c(C)ccc(C)c3n2)cc1. The summed E-state index contributed by atoms with van der Waals surface area (Å²) in [7, 11) is 0. The lowest BCUT2D eigenvalue weighted by Crippen LogP contribution is -2.02. The fourth-order valence-corrected chi connectivity index (χ4v) is 3.13. The average Bonchev–Trinajstić information content (AvgIpc) is 2.57. The number of carboxylic acids is 1. The molecule has 0 unspecified atom stereocenters. The maximum Gasteiger partial charge on any atom is 0.336 e. The molecule has 1 heterocycles. The van der Waals surface area contributed by atoms with Crippen molar-refractivity contribution < 1.29 is 9.90 Å². The number of hydrogen-bond donors (Lipinski definition) is 1. The van der Waals surface area contributed by atoms with Gasteiger partial charge in [-0.2, -0.15) is 0 Å². The van der Waals surface area contributed by atoms with Crippen molar-refractivity contribution in [3.05, 3.63) is 59.2 Å². The first kappa shape index (κ1) is 15.6. The molecule has 0 aliphatic carbocycles. The highest BCUT2D eigenvalue weighted by atomic mass is 32.2. The van der Waals surface area contributed by atoms with Crippen LogP contribution in [0.1, 0.15) is 21.5 Å². The molecule has 1 aromatic heterocycles. The lowest BCUT2D eigenvalue weighted by molar-refractivity contribution is 0.0699. The first-order chi connectivity index (χ1) is 11.0. The number of aromatic nitrogens is 1. The molecule has 3 aromatic rings. The van der Waals surface area contributed by atoms with Crippen molar-refractivity contribution in [3.63, 3.8) is 0 Å². The summed E-state index contributed by atoms with van der Waals surface area (Å²) in [4.78, 5) is 17.6. The third-order valence-corrected chi connectivity index (χ3v) is 4.73. The summed E-state index contributed by atoms with van der Waals surface area (Å²) >= 11 is 1.67. The lowest BCUT2D eigenvalue weighted by atomic mass is 9.98. The second-order valence-electron chi connectivity index (χ2n) is 5.51. The molecule has 2 aromatic carbocycles. The molecule has 0 saturated carbocycles. The Morgan fingerprint density at radius 3 is 2.30 bits per heavy atom. The van der Waals surface area contributed by atoms with Crippen molar-refractivity contribution in [3.8, 4) is 11.3 Å². The van der Waals surface area contributed by atoms with Crippen LogP contribution in [0.25, 0.3) is 22.2 Å². The van der Waals surface area contributed by atoms with Crippen LogP contribution in [0.4, 0.5) is 0 Å². The molecule has 0 aliphatic heterocycles. The van der Waals surface area contributed by atoms with Gasteiger partial charge in [-0.25, -0.2) is 9.78 Å². The molecular formula is C19H17NO2S. The number of pyridine rings is 1. The molecule has 0 fully saturated rings. The minimum absolute atomic E-state index is 0.306. The normalized spacial score (nSPS) is 10.9. The number of aryl methyl sites for hydroxylation is 2. The topological polar surface area (TPSA) is 50.2 Å². The molecule has 0 radical (unpaired) electrons. The van der Waals surface area contributed by atoms with Gasteiger partial charge in [0.1, 0.15) is 0 Å². The van der Waals surface area contributed by atoms with Gasteiger partial charge in [-0.05, 0) is 49.4 Å². The van der Waals surface area contributed by atoms with Gasteiger partial charge in [-0.3, -0.25) is 0 Å². The summed E-state index contributed by atoms with van der Waals surface area (Å²) in [6.07, 6.45) is 2.03. The first-order valence-corrected chi connectivity index (χ1v) is 8.52. The van der Waals surface area contributed by atoms with Gasteiger partial charge in [-0.1, -0.05) is 24.3 Å². The van der Waals surface area contributed by atoms with E-state index >= 15 is 0 Å². The van der Waals surface area contributed by atoms with Crippen LogP contribution in [0, 0.1) is 13.8 Å². The molecule has 0 spiro atoms. The maximum absolute atomic E-state index is 11.7. The number of benzene rings is 2. The standard InChI is InChI=1S/C19H17NO2S/c1-11-4-5-12(2)18-17(11)15(19(21)22)10-16(20-18)13-6-8-14(23-3)9-7-13/h4-10H,1-3H3,(H,21,22). The van der Waals surface area contributed by atoms with Gasteiger partial charge in [0.05, 0.1) is 16.8 Å². The zero-order valence-corrected chi connectivity index (χ0v) is 14.1. The monoisotopic (exact) mass is 323 g/mol. The van der Waals surface area contributed by atoms with E-state index in [0.717, 1.165) is 27.6 Å². The van der Waals surface area contributed by atoms with E-state index in [2.05, 4.69) is 0 Å². The van der Waals surface area contributed by atoms with E-state index in [9.17, 15) is 9.90 Å². The summed E-state index contributed by atoms with van der Waals surface area (Å²) in [5.41, 5.74) is 4.59. The third-order valence-electron chi connectivity index (χ3n) is 3.99. The van der Waals surface area contributed by atoms with Crippen molar-refractivity contribution in [1.29, 1.82) is 0 Å². The predicted octanol–water partition coefficient (Wildman–Crippen LogP) is 4.94. The van der Waals surface area contributed by atoms with Crippen LogP contribution in [-0.2, 0) is 0 Å². The van der Waals surface area contributed by atoms with Gasteiger partial charge in [0.25, 0.3) is 0 Å². The molecule has 1 N–H and O–H groups in total. The van der Waals surface area contributed by atoms with Crippen LogP contribution < -0.4 is 0 Å². The number of rotatable bonds is 3. The first-order valence-electron chi connectivity index (χ1n) is 7.30. The van der Waals surface area contributed by atoms with Crippen molar-refractivity contribution in [2.24, 2.45) is 0 Å². The van der Waals surface area contributed by atoms with Crippen LogP contribution in [0.15, 0.2) is 47.4 Å². The van der Waals surface area contributed by atoms with E-state index < -0.39 is 5.97 Å². The fourth-order valence-electron chi connectivity index (χ4n) is 2.72. The predicted molar refractivity (Wildman–Crippen MR) is 95.4 cm³/mol. The highest BCUT2D eigenvalue weighted by molar-refractivity contribution is 7.98. The molecule has 4 heteroatoms. The number of fused-ring (bicyclic) bond motifs is 1. The Morgan fingerprint density at radius 1 is 1.04 bits per heavy atom. The minimum Gasteiger partial charge on any atom is -0.478 e. The summed E-state index contributed by atoms with van der Waals surface area (Å²) < 4.78 is 0. The van der Waals surface area contributed by atoms with E-state index in [1.54, 1.807) is 17.8 Å². The van der Waals surface area contributed by atoms with E-state index in [1.165, 1.54) is 4.90 Å². The van der Waals surface area contributed by atoms with Crippen LogP contribution in [0.3, 0.4) is 0 Å². The average molecular weight is 323 g/mol. The molecule has 23 heavy (non-hydrogen) atoms. The van der Waals surface area contributed by atoms with Gasteiger partial charge in [0.15, 0.2) is 0 Å². The van der Waals surface area contributed by atoms with Gasteiger partial charge < -0.3 is 5.11 Å². The largest absolute Gasteiger partial charge is 0.478 e. The fraction of sp³-hybridized carbons (Fsp3) is 0.158. The molecule has 3 rings (SSSR count). The molecule has 3 nitrogen and oxygen atoms in total. The number of thioether (sulfide) groups is 1. The quantitative estimate of drug-likeness (QED) is 0.694. The van der Waals surface area contributed by atoms with Crippen molar-refractivity contribution in [2.75, 3.05) is 6.26 Å². The van der Waals surface area contributed by atoms with Gasteiger partial charge in [0.2, 0.25) is 0 Å². The lowest BCUT2D eigenvalue weighted by Gasteiger charge is -2.11. The zero-order valence-electron chi connectivity index (χ0n) is 13.3. The van der Waals surface area contributed by atoms with Crippen LogP contribution in [0.5, 0.6) is 0 Å². The van der Waals surface area contributed by atoms with Crippen molar-refractivity contribution in [1.82, 2.24) is 4.98 Å². The van der Waals surface area contributed by atoms with Gasteiger partial charge in [-0.15, -0.1) is 11.8 Å². The molecular weight excluding hydrogens is 306 g/mol. The Kier molecular flexibility index (Phi) is 4.09. The number of hydrogen-bond acceptors (Lipinski definition) is 3. The number of carbonyl (C=O) groups is 1. The molecule has 0 atom stereocenters. The number of aromatic carboxylic acids is 1. The zero-order chi connectivity index (χ0) is 16.6.